The van der Waals surface area contributed by atoms with Crippen LogP contribution in [-0.2, 0) is 0 Å². The van der Waals surface area contributed by atoms with Gasteiger partial charge < -0.3 is 4.57 Å². The highest BCUT2D eigenvalue weighted by Crippen LogP contribution is 2.57. The van der Waals surface area contributed by atoms with Gasteiger partial charge in [-0.05, 0) is 24.8 Å². The standard InChI is InChI=1S/C14H15Cl2FN2/c1-7(15)13-18-10-4-8(16)9(17)5-11(10)19(13)12-6-14(12,2)3/h4-5,7,12H,6H2,1-3H3. The Morgan fingerprint density at radius 2 is 2.11 bits per heavy atom. The molecule has 19 heavy (non-hydrogen) atoms. The maximum Gasteiger partial charge on any atom is 0.144 e. The minimum atomic E-state index is -0.414. The van der Waals surface area contributed by atoms with Gasteiger partial charge in [0.05, 0.1) is 21.4 Å². The average molecular weight is 301 g/mol. The van der Waals surface area contributed by atoms with Gasteiger partial charge in [-0.3, -0.25) is 0 Å². The lowest BCUT2D eigenvalue weighted by molar-refractivity contribution is 0.534. The van der Waals surface area contributed by atoms with Crippen LogP contribution in [0.3, 0.4) is 0 Å². The van der Waals surface area contributed by atoms with Crippen molar-refractivity contribution in [2.75, 3.05) is 0 Å². The Hall–Kier alpha value is -0.800. The molecule has 0 N–H and O–H groups in total. The topological polar surface area (TPSA) is 17.8 Å². The summed E-state index contributed by atoms with van der Waals surface area (Å²) in [5.41, 5.74) is 1.70. The van der Waals surface area contributed by atoms with Crippen LogP contribution in [-0.4, -0.2) is 9.55 Å². The summed E-state index contributed by atoms with van der Waals surface area (Å²) >= 11 is 12.0. The van der Waals surface area contributed by atoms with E-state index in [0.717, 1.165) is 17.8 Å². The number of hydrogen-bond acceptors (Lipinski definition) is 1. The van der Waals surface area contributed by atoms with E-state index in [0.29, 0.717) is 11.6 Å². The Morgan fingerprint density at radius 3 is 2.63 bits per heavy atom. The number of fused-ring (bicyclic) bond motifs is 1. The average Bonchev–Trinajstić information content (AvgIpc) is 2.77. The molecular formula is C14H15Cl2FN2. The predicted octanol–water partition coefficient (Wildman–Crippen LogP) is 5.10. The predicted molar refractivity (Wildman–Crippen MR) is 76.4 cm³/mol. The molecule has 1 aliphatic rings. The van der Waals surface area contributed by atoms with Crippen molar-refractivity contribution in [2.24, 2.45) is 5.41 Å². The normalized spacial score (nSPS) is 22.7. The first kappa shape index (κ1) is 13.2. The van der Waals surface area contributed by atoms with Crippen molar-refractivity contribution in [3.8, 4) is 0 Å². The van der Waals surface area contributed by atoms with E-state index in [4.69, 9.17) is 23.2 Å². The van der Waals surface area contributed by atoms with Crippen LogP contribution in [0.25, 0.3) is 11.0 Å². The van der Waals surface area contributed by atoms with Gasteiger partial charge in [-0.1, -0.05) is 25.4 Å². The van der Waals surface area contributed by atoms with Crippen LogP contribution in [0.15, 0.2) is 12.1 Å². The van der Waals surface area contributed by atoms with E-state index < -0.39 is 5.82 Å². The molecule has 0 spiro atoms. The van der Waals surface area contributed by atoms with E-state index in [1.807, 2.05) is 6.92 Å². The summed E-state index contributed by atoms with van der Waals surface area (Å²) in [4.78, 5) is 4.52. The molecule has 1 aromatic heterocycles. The Balaban J connectivity index is 2.27. The highest BCUT2D eigenvalue weighted by atomic mass is 35.5. The number of nitrogens with zero attached hydrogens (tertiary/aromatic N) is 2. The third kappa shape index (κ3) is 2.03. The second kappa shape index (κ2) is 4.10. The zero-order valence-corrected chi connectivity index (χ0v) is 12.6. The molecule has 0 radical (unpaired) electrons. The number of hydrogen-bond donors (Lipinski definition) is 0. The lowest BCUT2D eigenvalue weighted by atomic mass is 10.2. The quantitative estimate of drug-likeness (QED) is 0.706. The number of halogens is 3. The number of imidazole rings is 1. The van der Waals surface area contributed by atoms with Gasteiger partial charge in [-0.2, -0.15) is 0 Å². The number of benzene rings is 1. The Bertz CT molecular complexity index is 661. The second-order valence-electron chi connectivity index (χ2n) is 5.92. The molecule has 0 bridgehead atoms. The lowest BCUT2D eigenvalue weighted by Crippen LogP contribution is -2.06. The van der Waals surface area contributed by atoms with Crippen molar-refractivity contribution in [2.45, 2.75) is 38.6 Å². The summed E-state index contributed by atoms with van der Waals surface area (Å²) in [6, 6.07) is 3.36. The number of alkyl halides is 1. The summed E-state index contributed by atoms with van der Waals surface area (Å²) in [5.74, 6) is 0.372. The van der Waals surface area contributed by atoms with Crippen LogP contribution < -0.4 is 0 Å². The molecule has 1 saturated carbocycles. The molecule has 2 atom stereocenters. The van der Waals surface area contributed by atoms with Crippen molar-refractivity contribution in [1.82, 2.24) is 9.55 Å². The van der Waals surface area contributed by atoms with Gasteiger partial charge in [0.25, 0.3) is 0 Å². The van der Waals surface area contributed by atoms with Crippen molar-refractivity contribution < 1.29 is 4.39 Å². The first-order valence-electron chi connectivity index (χ1n) is 6.32. The van der Waals surface area contributed by atoms with E-state index in [1.165, 1.54) is 6.07 Å². The van der Waals surface area contributed by atoms with Crippen molar-refractivity contribution in [3.05, 3.63) is 28.8 Å². The van der Waals surface area contributed by atoms with Gasteiger partial charge in [0.2, 0.25) is 0 Å². The molecule has 0 saturated heterocycles. The molecule has 3 rings (SSSR count). The van der Waals surface area contributed by atoms with Gasteiger partial charge in [0.15, 0.2) is 0 Å². The molecule has 0 amide bonds. The van der Waals surface area contributed by atoms with E-state index in [2.05, 4.69) is 23.4 Å². The fourth-order valence-corrected chi connectivity index (χ4v) is 2.91. The minimum absolute atomic E-state index is 0.0981. The van der Waals surface area contributed by atoms with Crippen LogP contribution in [0, 0.1) is 11.2 Å². The summed E-state index contributed by atoms with van der Waals surface area (Å²) in [5, 5.41) is -0.119. The minimum Gasteiger partial charge on any atom is -0.323 e. The smallest absolute Gasteiger partial charge is 0.144 e. The Kier molecular flexibility index (Phi) is 2.84. The molecule has 5 heteroatoms. The fourth-order valence-electron chi connectivity index (χ4n) is 2.60. The molecule has 2 unspecified atom stereocenters. The zero-order chi connectivity index (χ0) is 13.9. The van der Waals surface area contributed by atoms with E-state index in [9.17, 15) is 4.39 Å². The SMILES string of the molecule is CC(Cl)c1nc2cc(Cl)c(F)cc2n1C1CC1(C)C. The first-order chi connectivity index (χ1) is 8.81. The lowest BCUT2D eigenvalue weighted by Gasteiger charge is -2.12. The molecular weight excluding hydrogens is 286 g/mol. The third-order valence-electron chi connectivity index (χ3n) is 3.89. The van der Waals surface area contributed by atoms with Gasteiger partial charge >= 0.3 is 0 Å². The number of rotatable bonds is 2. The van der Waals surface area contributed by atoms with Crippen molar-refractivity contribution >= 4 is 34.2 Å². The van der Waals surface area contributed by atoms with Crippen LogP contribution in [0.4, 0.5) is 4.39 Å². The molecule has 2 nitrogen and oxygen atoms in total. The summed E-state index contributed by atoms with van der Waals surface area (Å²) in [7, 11) is 0. The molecule has 2 aromatic rings. The monoisotopic (exact) mass is 300 g/mol. The second-order valence-corrected chi connectivity index (χ2v) is 6.98. The zero-order valence-electron chi connectivity index (χ0n) is 11.0. The largest absolute Gasteiger partial charge is 0.323 e. The van der Waals surface area contributed by atoms with Crippen LogP contribution in [0.1, 0.15) is 44.4 Å². The van der Waals surface area contributed by atoms with E-state index in [1.54, 1.807) is 6.07 Å². The van der Waals surface area contributed by atoms with Crippen molar-refractivity contribution in [3.63, 3.8) is 0 Å². The maximum atomic E-state index is 13.7. The van der Waals surface area contributed by atoms with Gasteiger partial charge in [-0.25, -0.2) is 9.37 Å². The number of aromatic nitrogens is 2. The summed E-state index contributed by atoms with van der Waals surface area (Å²) in [6.07, 6.45) is 1.05. The van der Waals surface area contributed by atoms with Crippen LogP contribution in [0.2, 0.25) is 5.02 Å². The van der Waals surface area contributed by atoms with Crippen molar-refractivity contribution in [1.29, 1.82) is 0 Å². The first-order valence-corrected chi connectivity index (χ1v) is 7.13. The van der Waals surface area contributed by atoms with Gasteiger partial charge in [-0.15, -0.1) is 11.6 Å². The highest BCUT2D eigenvalue weighted by molar-refractivity contribution is 6.31. The highest BCUT2D eigenvalue weighted by Gasteiger charge is 2.48. The summed E-state index contributed by atoms with van der Waals surface area (Å²) in [6.45, 7) is 6.27. The van der Waals surface area contributed by atoms with Gasteiger partial charge in [0.1, 0.15) is 11.6 Å². The molecule has 1 aliphatic carbocycles. The van der Waals surface area contributed by atoms with E-state index in [-0.39, 0.29) is 15.8 Å². The Morgan fingerprint density at radius 1 is 1.47 bits per heavy atom. The molecule has 0 aliphatic heterocycles. The van der Waals surface area contributed by atoms with E-state index >= 15 is 0 Å². The third-order valence-corrected chi connectivity index (χ3v) is 4.37. The molecule has 1 heterocycles. The van der Waals surface area contributed by atoms with Gasteiger partial charge in [0, 0.05) is 12.1 Å². The maximum absolute atomic E-state index is 13.7. The van der Waals surface area contributed by atoms with Crippen LogP contribution >= 0.6 is 23.2 Å². The summed E-state index contributed by atoms with van der Waals surface area (Å²) < 4.78 is 15.8. The fraction of sp³-hybridized carbons (Fsp3) is 0.500. The molecule has 1 fully saturated rings. The van der Waals surface area contributed by atoms with Crippen LogP contribution in [0.5, 0.6) is 0 Å². The molecule has 1 aromatic carbocycles. The molecule has 102 valence electrons. The Labute approximate surface area is 121 Å².